The van der Waals surface area contributed by atoms with Crippen LogP contribution in [0.4, 0.5) is 0 Å². The third kappa shape index (κ3) is 60.9. The van der Waals surface area contributed by atoms with Crippen molar-refractivity contribution in [2.24, 2.45) is 0 Å². The molecule has 0 N–H and O–H groups in total. The van der Waals surface area contributed by atoms with Crippen LogP contribution >= 0.6 is 0 Å². The smallest absolute Gasteiger partial charge is 0.306 e. The van der Waals surface area contributed by atoms with Crippen molar-refractivity contribution in [1.29, 1.82) is 0 Å². The molecule has 0 fully saturated rings. The van der Waals surface area contributed by atoms with Gasteiger partial charge >= 0.3 is 17.9 Å². The molecular weight excluding hydrogens is 937 g/mol. The Morgan fingerprint density at radius 1 is 0.276 bits per heavy atom. The van der Waals surface area contributed by atoms with Crippen molar-refractivity contribution >= 4 is 17.9 Å². The molecule has 0 rings (SSSR count). The lowest BCUT2D eigenvalue weighted by atomic mass is 10.0. The van der Waals surface area contributed by atoms with E-state index < -0.39 is 6.10 Å². The molecule has 0 saturated carbocycles. The highest BCUT2D eigenvalue weighted by Gasteiger charge is 2.19. The highest BCUT2D eigenvalue weighted by atomic mass is 16.6. The summed E-state index contributed by atoms with van der Waals surface area (Å²) in [7, 11) is 0. The molecule has 0 aliphatic rings. The van der Waals surface area contributed by atoms with Gasteiger partial charge in [-0.1, -0.05) is 278 Å². The minimum Gasteiger partial charge on any atom is -0.462 e. The second-order valence-corrected chi connectivity index (χ2v) is 20.9. The van der Waals surface area contributed by atoms with E-state index in [1.165, 1.54) is 128 Å². The van der Waals surface area contributed by atoms with Gasteiger partial charge in [0.15, 0.2) is 6.10 Å². The molecule has 0 radical (unpaired) electrons. The molecule has 0 aliphatic carbocycles. The van der Waals surface area contributed by atoms with Crippen LogP contribution in [0.5, 0.6) is 0 Å². The minimum absolute atomic E-state index is 0.0846. The van der Waals surface area contributed by atoms with E-state index in [-0.39, 0.29) is 31.1 Å². The zero-order valence-corrected chi connectivity index (χ0v) is 49.7. The second kappa shape index (κ2) is 63.6. The van der Waals surface area contributed by atoms with Crippen LogP contribution in [0.1, 0.15) is 297 Å². The van der Waals surface area contributed by atoms with Crippen LogP contribution in [0, 0.1) is 0 Å². The number of ether oxygens (including phenoxy) is 3. The molecule has 1 unspecified atom stereocenters. The number of hydrogen-bond donors (Lipinski definition) is 0. The number of rotatable bonds is 57. The molecule has 6 nitrogen and oxygen atoms in total. The van der Waals surface area contributed by atoms with Gasteiger partial charge in [0.25, 0.3) is 0 Å². The summed E-state index contributed by atoms with van der Waals surface area (Å²) in [5.74, 6) is -0.902. The molecule has 6 heteroatoms. The van der Waals surface area contributed by atoms with E-state index in [0.717, 1.165) is 128 Å². The summed E-state index contributed by atoms with van der Waals surface area (Å²) in [4.78, 5) is 38.3. The summed E-state index contributed by atoms with van der Waals surface area (Å²) < 4.78 is 16.9. The van der Waals surface area contributed by atoms with Gasteiger partial charge in [-0.3, -0.25) is 14.4 Å². The molecule has 434 valence electrons. The van der Waals surface area contributed by atoms with Crippen molar-refractivity contribution in [2.75, 3.05) is 13.2 Å². The molecule has 0 aliphatic heterocycles. The second-order valence-electron chi connectivity index (χ2n) is 20.9. The van der Waals surface area contributed by atoms with E-state index >= 15 is 0 Å². The molecular formula is C70H118O6. The van der Waals surface area contributed by atoms with Gasteiger partial charge in [-0.2, -0.15) is 0 Å². The van der Waals surface area contributed by atoms with Crippen molar-refractivity contribution < 1.29 is 28.6 Å². The number of esters is 3. The largest absolute Gasteiger partial charge is 0.462 e. The molecule has 0 aromatic rings. The van der Waals surface area contributed by atoms with Gasteiger partial charge in [0.2, 0.25) is 0 Å². The Labute approximate surface area is 470 Å². The summed E-state index contributed by atoms with van der Waals surface area (Å²) in [6.07, 6.45) is 86.6. The highest BCUT2D eigenvalue weighted by Crippen LogP contribution is 2.16. The Morgan fingerprint density at radius 2 is 0.513 bits per heavy atom. The topological polar surface area (TPSA) is 78.9 Å². The number of carbonyl (C=O) groups is 3. The van der Waals surface area contributed by atoms with Crippen LogP contribution in [0.15, 0.2) is 109 Å². The third-order valence-corrected chi connectivity index (χ3v) is 13.5. The van der Waals surface area contributed by atoms with Crippen LogP contribution in [0.25, 0.3) is 0 Å². The molecule has 0 spiro atoms. The SMILES string of the molecule is CC/C=C\C/C=C\C/C=C\C/C=C\C/C=C\C/C=C\C/C=C\CCCCCCCC(=O)OCC(COC(=O)CCCCCCCCCCCCCC)OC(=O)CCCCCCCCCCC/C=C\C/C=C\CCCCC. The first-order valence-electron chi connectivity index (χ1n) is 31.9. The predicted molar refractivity (Wildman–Crippen MR) is 330 cm³/mol. The van der Waals surface area contributed by atoms with E-state index in [0.29, 0.717) is 19.3 Å². The fourth-order valence-corrected chi connectivity index (χ4v) is 8.75. The van der Waals surface area contributed by atoms with Gasteiger partial charge in [-0.25, -0.2) is 0 Å². The normalized spacial score (nSPS) is 12.8. The van der Waals surface area contributed by atoms with Crippen molar-refractivity contribution in [3.63, 3.8) is 0 Å². The Hall–Kier alpha value is -3.93. The fourth-order valence-electron chi connectivity index (χ4n) is 8.75. The molecule has 0 bridgehead atoms. The highest BCUT2D eigenvalue weighted by molar-refractivity contribution is 5.71. The van der Waals surface area contributed by atoms with Gasteiger partial charge in [0, 0.05) is 19.3 Å². The van der Waals surface area contributed by atoms with E-state index in [1.54, 1.807) is 0 Å². The van der Waals surface area contributed by atoms with E-state index in [1.807, 2.05) is 0 Å². The maximum Gasteiger partial charge on any atom is 0.306 e. The van der Waals surface area contributed by atoms with Crippen LogP contribution in [-0.4, -0.2) is 37.2 Å². The molecule has 1 atom stereocenters. The molecule has 0 aromatic heterocycles. The Bertz CT molecular complexity index is 1540. The molecule has 76 heavy (non-hydrogen) atoms. The van der Waals surface area contributed by atoms with Gasteiger partial charge in [-0.15, -0.1) is 0 Å². The van der Waals surface area contributed by atoms with Gasteiger partial charge in [0.1, 0.15) is 13.2 Å². The lowest BCUT2D eigenvalue weighted by molar-refractivity contribution is -0.167. The predicted octanol–water partition coefficient (Wildman–Crippen LogP) is 21.8. The molecule has 0 saturated heterocycles. The van der Waals surface area contributed by atoms with E-state index in [4.69, 9.17) is 14.2 Å². The lowest BCUT2D eigenvalue weighted by Crippen LogP contribution is -2.30. The average molecular weight is 1060 g/mol. The number of allylic oxidation sites excluding steroid dienone is 18. The quantitative estimate of drug-likeness (QED) is 0.0261. The summed E-state index contributed by atoms with van der Waals surface area (Å²) >= 11 is 0. The first-order chi connectivity index (χ1) is 37.5. The number of hydrogen-bond acceptors (Lipinski definition) is 6. The zero-order chi connectivity index (χ0) is 55.0. The van der Waals surface area contributed by atoms with Gasteiger partial charge < -0.3 is 14.2 Å². The first-order valence-corrected chi connectivity index (χ1v) is 31.9. The van der Waals surface area contributed by atoms with E-state index in [2.05, 4.69) is 130 Å². The summed E-state index contributed by atoms with van der Waals surface area (Å²) in [5, 5.41) is 0. The van der Waals surface area contributed by atoms with Gasteiger partial charge in [-0.05, 0) is 109 Å². The van der Waals surface area contributed by atoms with Crippen molar-refractivity contribution in [2.45, 2.75) is 303 Å². The fraction of sp³-hybridized carbons (Fsp3) is 0.700. The number of unbranched alkanes of at least 4 members (excludes halogenated alkanes) is 28. The number of carbonyl (C=O) groups excluding carboxylic acids is 3. The molecule has 0 aromatic carbocycles. The Balaban J connectivity index is 4.36. The Kier molecular flexibility index (Phi) is 60.3. The van der Waals surface area contributed by atoms with Crippen molar-refractivity contribution in [3.8, 4) is 0 Å². The van der Waals surface area contributed by atoms with Crippen LogP contribution in [0.2, 0.25) is 0 Å². The van der Waals surface area contributed by atoms with Crippen LogP contribution in [0.3, 0.4) is 0 Å². The van der Waals surface area contributed by atoms with Crippen LogP contribution in [-0.2, 0) is 28.6 Å². The Morgan fingerprint density at radius 3 is 0.829 bits per heavy atom. The summed E-state index contributed by atoms with van der Waals surface area (Å²) in [5.41, 5.74) is 0. The molecule has 0 heterocycles. The monoisotopic (exact) mass is 1050 g/mol. The minimum atomic E-state index is -0.789. The van der Waals surface area contributed by atoms with Gasteiger partial charge in [0.05, 0.1) is 0 Å². The molecule has 0 amide bonds. The van der Waals surface area contributed by atoms with E-state index in [9.17, 15) is 14.4 Å². The maximum absolute atomic E-state index is 12.9. The van der Waals surface area contributed by atoms with Crippen molar-refractivity contribution in [1.82, 2.24) is 0 Å². The summed E-state index contributed by atoms with van der Waals surface area (Å²) in [6.45, 7) is 6.50. The van der Waals surface area contributed by atoms with Crippen LogP contribution < -0.4 is 0 Å². The average Bonchev–Trinajstić information content (AvgIpc) is 3.42. The maximum atomic E-state index is 12.9. The van der Waals surface area contributed by atoms with Crippen molar-refractivity contribution in [3.05, 3.63) is 109 Å². The lowest BCUT2D eigenvalue weighted by Gasteiger charge is -2.18. The summed E-state index contributed by atoms with van der Waals surface area (Å²) in [6, 6.07) is 0. The zero-order valence-electron chi connectivity index (χ0n) is 49.7. The standard InChI is InChI=1S/C70H118O6/c1-4-7-10-13-16-19-22-25-27-29-31-32-33-34-35-36-37-38-40-41-43-45-48-51-54-57-60-63-69(72)75-66-67(65-74-68(71)62-59-56-53-50-47-24-21-18-15-12-9-6-3)76-70(73)64-61-58-55-52-49-46-44-42-39-30-28-26-23-20-17-14-11-8-5-2/h7,10,16-17,19-20,25-28,31-32,34-35,37-38,41,43,67H,4-6,8-9,11-15,18,21-24,29-30,33,36,39-40,42,44-66H2,1-3H3/b10-7-,19-16-,20-17-,27-25-,28-26-,32-31-,35-34-,38-37-,43-41-. The first kappa shape index (κ1) is 72.1. The third-order valence-electron chi connectivity index (χ3n) is 13.5.